The molecule has 2 aliphatic rings. The Kier molecular flexibility index (Phi) is 8.84. The maximum atomic E-state index is 13.0. The van der Waals surface area contributed by atoms with Gasteiger partial charge in [0.1, 0.15) is 5.84 Å². The number of allylic oxidation sites excluding steroid dienone is 1. The number of benzene rings is 1. The molecule has 0 unspecified atom stereocenters. The Hall–Kier alpha value is -3.65. The number of amides is 2. The monoisotopic (exact) mass is 515 g/mol. The number of anilines is 1. The Bertz CT molecular complexity index is 1260. The Morgan fingerprint density at radius 1 is 1.16 bits per heavy atom. The van der Waals surface area contributed by atoms with Crippen LogP contribution in [0.4, 0.5) is 5.69 Å². The predicted octanol–water partition coefficient (Wildman–Crippen LogP) is 5.31. The van der Waals surface area contributed by atoms with Crippen LogP contribution < -0.4 is 10.6 Å². The molecule has 2 N–H and O–H groups in total. The van der Waals surface area contributed by atoms with Gasteiger partial charge in [0.25, 0.3) is 0 Å². The van der Waals surface area contributed by atoms with Crippen LogP contribution in [0.2, 0.25) is 0 Å². The normalized spacial score (nSPS) is 20.2. The molecule has 1 aromatic heterocycles. The summed E-state index contributed by atoms with van der Waals surface area (Å²) in [6.07, 6.45) is 8.31. The zero-order valence-electron chi connectivity index (χ0n) is 22.7. The molecule has 2 amide bonds. The van der Waals surface area contributed by atoms with Crippen molar-refractivity contribution in [2.75, 3.05) is 11.9 Å². The number of nitrogens with one attached hydrogen (secondary N) is 2. The summed E-state index contributed by atoms with van der Waals surface area (Å²) < 4.78 is 5.83. The summed E-state index contributed by atoms with van der Waals surface area (Å²) in [5.41, 5.74) is 5.05. The minimum absolute atomic E-state index is 0.0156. The zero-order chi connectivity index (χ0) is 27.2. The second-order valence-electron chi connectivity index (χ2n) is 10.5. The lowest BCUT2D eigenvalue weighted by molar-refractivity contribution is -0.126. The van der Waals surface area contributed by atoms with E-state index in [1.54, 1.807) is 6.20 Å². The van der Waals surface area contributed by atoms with Gasteiger partial charge in [-0.1, -0.05) is 26.5 Å². The van der Waals surface area contributed by atoms with E-state index in [0.717, 1.165) is 53.6 Å². The van der Waals surface area contributed by atoms with Crippen LogP contribution in [0.1, 0.15) is 57.6 Å². The van der Waals surface area contributed by atoms with Gasteiger partial charge in [-0.05, 0) is 86.4 Å². The highest BCUT2D eigenvalue weighted by molar-refractivity contribution is 6.08. The minimum Gasteiger partial charge on any atom is -0.378 e. The molecule has 8 nitrogen and oxygen atoms in total. The number of aryl methyl sites for hydroxylation is 1. The number of hydrogen-bond acceptors (Lipinski definition) is 6. The molecule has 2 aromatic rings. The molecule has 1 aliphatic carbocycles. The minimum atomic E-state index is -0.0661. The smallest absolute Gasteiger partial charge is 0.228 e. The highest BCUT2D eigenvalue weighted by Gasteiger charge is 2.30. The van der Waals surface area contributed by atoms with Crippen LogP contribution in [0.3, 0.4) is 0 Å². The summed E-state index contributed by atoms with van der Waals surface area (Å²) in [5, 5.41) is 14.6. The number of carbonyl (C=O) groups is 2. The highest BCUT2D eigenvalue weighted by Crippen LogP contribution is 2.30. The van der Waals surface area contributed by atoms with Crippen molar-refractivity contribution in [1.82, 2.24) is 15.5 Å². The Balaban J connectivity index is 1.52. The zero-order valence-corrected chi connectivity index (χ0v) is 22.7. The summed E-state index contributed by atoms with van der Waals surface area (Å²) >= 11 is 0. The van der Waals surface area contributed by atoms with E-state index in [0.29, 0.717) is 24.1 Å². The summed E-state index contributed by atoms with van der Waals surface area (Å²) in [6, 6.07) is 7.79. The first-order valence-electron chi connectivity index (χ1n) is 13.3. The molecule has 38 heavy (non-hydrogen) atoms. The first kappa shape index (κ1) is 27.4. The number of amidine groups is 1. The van der Waals surface area contributed by atoms with Crippen molar-refractivity contribution in [1.29, 1.82) is 0 Å². The molecule has 8 heteroatoms. The van der Waals surface area contributed by atoms with Crippen LogP contribution in [0.25, 0.3) is 16.8 Å². The van der Waals surface area contributed by atoms with E-state index in [1.807, 2.05) is 44.2 Å². The van der Waals surface area contributed by atoms with E-state index < -0.39 is 0 Å². The SMILES string of the molecule is C=C/N=C(\C=C(/C)c1cnnc(-c2cc(NC(=O)[C@H]3CCO[C@@H](C(C)C)C3)ccc2C)c1)NC(=O)C1CC1. The summed E-state index contributed by atoms with van der Waals surface area (Å²) in [5.74, 6) is 0.846. The van der Waals surface area contributed by atoms with Crippen molar-refractivity contribution < 1.29 is 14.3 Å². The Labute approximate surface area is 224 Å². The molecule has 2 heterocycles. The number of nitrogens with zero attached hydrogens (tertiary/aromatic N) is 3. The van der Waals surface area contributed by atoms with Gasteiger partial charge >= 0.3 is 0 Å². The number of ether oxygens (including phenoxy) is 1. The van der Waals surface area contributed by atoms with Gasteiger partial charge in [-0.25, -0.2) is 4.99 Å². The fourth-order valence-corrected chi connectivity index (χ4v) is 4.53. The molecule has 1 saturated heterocycles. The van der Waals surface area contributed by atoms with Gasteiger partial charge in [-0.2, -0.15) is 10.2 Å². The van der Waals surface area contributed by atoms with Gasteiger partial charge in [0.05, 0.1) is 18.0 Å². The van der Waals surface area contributed by atoms with Crippen molar-refractivity contribution in [3.8, 4) is 11.3 Å². The second kappa shape index (κ2) is 12.3. The van der Waals surface area contributed by atoms with Crippen LogP contribution in [0.15, 0.2) is 54.3 Å². The van der Waals surface area contributed by atoms with Gasteiger partial charge in [-0.15, -0.1) is 0 Å². The fourth-order valence-electron chi connectivity index (χ4n) is 4.53. The molecule has 1 aliphatic heterocycles. The van der Waals surface area contributed by atoms with Crippen LogP contribution in [-0.2, 0) is 14.3 Å². The number of aliphatic imine (C=N–C) groups is 1. The molecule has 0 bridgehead atoms. The maximum absolute atomic E-state index is 13.0. The number of aromatic nitrogens is 2. The summed E-state index contributed by atoms with van der Waals surface area (Å²) in [4.78, 5) is 29.5. The molecule has 200 valence electrons. The average Bonchev–Trinajstić information content (AvgIpc) is 3.76. The molecule has 2 fully saturated rings. The fraction of sp³-hybridized carbons (Fsp3) is 0.433. The molecule has 4 rings (SSSR count). The van der Waals surface area contributed by atoms with Gasteiger partial charge < -0.3 is 15.4 Å². The van der Waals surface area contributed by atoms with E-state index >= 15 is 0 Å². The quantitative estimate of drug-likeness (QED) is 0.366. The van der Waals surface area contributed by atoms with Gasteiger partial charge in [0.15, 0.2) is 0 Å². The van der Waals surface area contributed by atoms with E-state index in [1.165, 1.54) is 6.20 Å². The molecular weight excluding hydrogens is 478 g/mol. The van der Waals surface area contributed by atoms with Crippen molar-refractivity contribution in [2.24, 2.45) is 22.7 Å². The second-order valence-corrected chi connectivity index (χ2v) is 10.5. The largest absolute Gasteiger partial charge is 0.378 e. The molecule has 1 saturated carbocycles. The third kappa shape index (κ3) is 7.01. The highest BCUT2D eigenvalue weighted by atomic mass is 16.5. The first-order chi connectivity index (χ1) is 18.2. The lowest BCUT2D eigenvalue weighted by Gasteiger charge is -2.31. The molecule has 0 spiro atoms. The van der Waals surface area contributed by atoms with Crippen LogP contribution >= 0.6 is 0 Å². The lowest BCUT2D eigenvalue weighted by Crippen LogP contribution is -2.35. The summed E-state index contributed by atoms with van der Waals surface area (Å²) in [7, 11) is 0. The molecule has 0 radical (unpaired) electrons. The Morgan fingerprint density at radius 3 is 2.66 bits per heavy atom. The summed E-state index contributed by atoms with van der Waals surface area (Å²) in [6.45, 7) is 12.5. The molecular formula is C30H37N5O3. The van der Waals surface area contributed by atoms with Gasteiger partial charge in [0, 0.05) is 35.9 Å². The Morgan fingerprint density at radius 2 is 1.95 bits per heavy atom. The average molecular weight is 516 g/mol. The van der Waals surface area contributed by atoms with Crippen molar-refractivity contribution in [2.45, 2.75) is 59.5 Å². The third-order valence-corrected chi connectivity index (χ3v) is 7.10. The maximum Gasteiger partial charge on any atom is 0.228 e. The van der Waals surface area contributed by atoms with Gasteiger partial charge in [0.2, 0.25) is 11.8 Å². The predicted molar refractivity (Wildman–Crippen MR) is 150 cm³/mol. The number of carbonyl (C=O) groups excluding carboxylic acids is 2. The number of hydrogen-bond donors (Lipinski definition) is 2. The molecule has 2 atom stereocenters. The van der Waals surface area contributed by atoms with Gasteiger partial charge in [-0.3, -0.25) is 9.59 Å². The van der Waals surface area contributed by atoms with E-state index in [9.17, 15) is 9.59 Å². The first-order valence-corrected chi connectivity index (χ1v) is 13.3. The van der Waals surface area contributed by atoms with Crippen molar-refractivity contribution in [3.05, 3.63) is 60.4 Å². The van der Waals surface area contributed by atoms with Crippen molar-refractivity contribution in [3.63, 3.8) is 0 Å². The molecule has 1 aromatic carbocycles. The standard InChI is InChI=1S/C30H37N5O3/c1-6-31-28(34-29(36)21-8-9-21)13-20(5)23-14-26(35-32-17-23)25-16-24(10-7-19(25)4)33-30(37)22-11-12-38-27(15-22)18(2)3/h6-7,10,13-14,16-18,21-22,27H,1,8-9,11-12,15H2,2-5H3,(H,33,37)(H,31,34,36)/b20-13+/t22-,27+/m0/s1. The van der Waals surface area contributed by atoms with Crippen LogP contribution in [-0.4, -0.2) is 40.6 Å². The van der Waals surface area contributed by atoms with Crippen molar-refractivity contribution >= 4 is 28.9 Å². The van der Waals surface area contributed by atoms with Crippen LogP contribution in [0.5, 0.6) is 0 Å². The van der Waals surface area contributed by atoms with E-state index in [4.69, 9.17) is 4.74 Å². The van der Waals surface area contributed by atoms with Crippen LogP contribution in [0, 0.1) is 24.7 Å². The van der Waals surface area contributed by atoms with E-state index in [2.05, 4.69) is 46.2 Å². The number of rotatable bonds is 8. The van der Waals surface area contributed by atoms with E-state index in [-0.39, 0.29) is 29.8 Å². The lowest BCUT2D eigenvalue weighted by atomic mass is 9.89. The third-order valence-electron chi connectivity index (χ3n) is 7.10. The topological polar surface area (TPSA) is 106 Å².